The Bertz CT molecular complexity index is 1190. The molecule has 0 heterocycles. The van der Waals surface area contributed by atoms with E-state index >= 15 is 0 Å². The van der Waals surface area contributed by atoms with Crippen molar-refractivity contribution in [2.75, 3.05) is 19.7 Å². The molecule has 0 unspecified atom stereocenters. The van der Waals surface area contributed by atoms with E-state index in [-0.39, 0.29) is 5.91 Å². The number of carbonyl (C=O) groups is 3. The average molecular weight is 509 g/mol. The van der Waals surface area contributed by atoms with Crippen molar-refractivity contribution < 1.29 is 24.2 Å². The summed E-state index contributed by atoms with van der Waals surface area (Å²) in [5.41, 5.74) is 3.79. The Morgan fingerprint density at radius 1 is 0.889 bits per heavy atom. The van der Waals surface area contributed by atoms with Gasteiger partial charge in [-0.15, -0.1) is 0 Å². The lowest BCUT2D eigenvalue weighted by molar-refractivity contribution is -0.135. The van der Waals surface area contributed by atoms with Crippen LogP contribution in [0.3, 0.4) is 0 Å². The van der Waals surface area contributed by atoms with Crippen molar-refractivity contribution in [3.63, 3.8) is 0 Å². The second kappa shape index (κ2) is 13.3. The van der Waals surface area contributed by atoms with E-state index in [4.69, 9.17) is 21.4 Å². The number of rotatable bonds is 12. The molecule has 0 aliphatic rings. The van der Waals surface area contributed by atoms with Crippen molar-refractivity contribution in [1.82, 2.24) is 10.6 Å². The number of benzene rings is 3. The van der Waals surface area contributed by atoms with E-state index in [1.54, 1.807) is 30.3 Å². The van der Waals surface area contributed by atoms with Gasteiger partial charge in [0.05, 0.1) is 12.2 Å². The zero-order chi connectivity index (χ0) is 25.9. The van der Waals surface area contributed by atoms with Crippen molar-refractivity contribution in [3.05, 3.63) is 88.4 Å². The second-order valence-electron chi connectivity index (χ2n) is 8.20. The van der Waals surface area contributed by atoms with Gasteiger partial charge in [0.25, 0.3) is 11.8 Å². The fourth-order valence-electron chi connectivity index (χ4n) is 3.48. The summed E-state index contributed by atoms with van der Waals surface area (Å²) >= 11 is 6.09. The predicted octanol–water partition coefficient (Wildman–Crippen LogP) is 4.97. The summed E-state index contributed by atoms with van der Waals surface area (Å²) in [6, 6.07) is 19.9. The summed E-state index contributed by atoms with van der Waals surface area (Å²) in [7, 11) is 0. The highest BCUT2D eigenvalue weighted by Gasteiger charge is 2.13. The van der Waals surface area contributed by atoms with Crippen molar-refractivity contribution in [2.24, 2.45) is 0 Å². The topological polar surface area (TPSA) is 105 Å². The van der Waals surface area contributed by atoms with Gasteiger partial charge in [0.15, 0.2) is 0 Å². The third-order valence-electron chi connectivity index (χ3n) is 5.48. The molecule has 0 radical (unpaired) electrons. The van der Waals surface area contributed by atoms with Crippen LogP contribution < -0.4 is 15.4 Å². The second-order valence-corrected chi connectivity index (χ2v) is 8.64. The number of hydrogen-bond donors (Lipinski definition) is 3. The summed E-state index contributed by atoms with van der Waals surface area (Å²) in [5, 5.41) is 14.4. The maximum absolute atomic E-state index is 12.7. The van der Waals surface area contributed by atoms with E-state index in [2.05, 4.69) is 17.6 Å². The Morgan fingerprint density at radius 2 is 1.56 bits per heavy atom. The Hall–Kier alpha value is -3.84. The molecule has 36 heavy (non-hydrogen) atoms. The molecule has 0 aliphatic heterocycles. The monoisotopic (exact) mass is 508 g/mol. The number of ether oxygens (including phenoxy) is 1. The smallest absolute Gasteiger partial charge is 0.322 e. The third kappa shape index (κ3) is 7.85. The minimum Gasteiger partial charge on any atom is -0.493 e. The highest BCUT2D eigenvalue weighted by atomic mass is 35.5. The molecule has 3 aromatic rings. The van der Waals surface area contributed by atoms with E-state index in [0.29, 0.717) is 41.5 Å². The van der Waals surface area contributed by atoms with E-state index in [9.17, 15) is 14.4 Å². The number of amides is 2. The summed E-state index contributed by atoms with van der Waals surface area (Å²) in [4.78, 5) is 35.3. The van der Waals surface area contributed by atoms with Crippen LogP contribution in [0.1, 0.15) is 46.0 Å². The Labute approximate surface area is 215 Å². The van der Waals surface area contributed by atoms with E-state index in [0.717, 1.165) is 29.5 Å². The van der Waals surface area contributed by atoms with Crippen LogP contribution >= 0.6 is 11.6 Å². The van der Waals surface area contributed by atoms with Gasteiger partial charge in [-0.2, -0.15) is 0 Å². The first kappa shape index (κ1) is 26.8. The zero-order valence-corrected chi connectivity index (χ0v) is 20.8. The van der Waals surface area contributed by atoms with Crippen molar-refractivity contribution >= 4 is 29.4 Å². The highest BCUT2D eigenvalue weighted by Crippen LogP contribution is 2.24. The molecule has 0 atom stereocenters. The van der Waals surface area contributed by atoms with Crippen LogP contribution in [-0.4, -0.2) is 42.6 Å². The molecule has 0 aromatic heterocycles. The predicted molar refractivity (Wildman–Crippen MR) is 140 cm³/mol. The molecule has 7 nitrogen and oxygen atoms in total. The van der Waals surface area contributed by atoms with Crippen LogP contribution in [0.25, 0.3) is 11.1 Å². The molecule has 2 amide bonds. The standard InChI is InChI=1S/C28H29ClN2O5/c1-2-3-16-36-25-13-12-23(29)17-24(25)28(35)30-15-14-19-4-6-20(7-5-19)21-8-10-22(11-9-21)27(34)31-18-26(32)33/h4-13,17H,2-3,14-16,18H2,1H3,(H,30,35)(H,31,34)(H,32,33). The zero-order valence-electron chi connectivity index (χ0n) is 20.1. The summed E-state index contributed by atoms with van der Waals surface area (Å²) in [6.45, 7) is 2.66. The third-order valence-corrected chi connectivity index (χ3v) is 5.71. The Balaban J connectivity index is 1.54. The molecular formula is C28H29ClN2O5. The molecule has 0 spiro atoms. The van der Waals surface area contributed by atoms with Crippen LogP contribution in [0, 0.1) is 0 Å². The minimum atomic E-state index is -1.09. The van der Waals surface area contributed by atoms with Gasteiger partial charge in [-0.3, -0.25) is 14.4 Å². The fourth-order valence-corrected chi connectivity index (χ4v) is 3.66. The van der Waals surface area contributed by atoms with Gasteiger partial charge >= 0.3 is 5.97 Å². The van der Waals surface area contributed by atoms with Gasteiger partial charge in [-0.25, -0.2) is 0 Å². The summed E-state index contributed by atoms with van der Waals surface area (Å²) in [6.07, 6.45) is 2.57. The maximum Gasteiger partial charge on any atom is 0.322 e. The summed E-state index contributed by atoms with van der Waals surface area (Å²) < 4.78 is 5.75. The van der Waals surface area contributed by atoms with Gasteiger partial charge in [0, 0.05) is 17.1 Å². The fraction of sp³-hybridized carbons (Fsp3) is 0.250. The lowest BCUT2D eigenvalue weighted by atomic mass is 10.0. The number of nitrogens with one attached hydrogen (secondary N) is 2. The van der Waals surface area contributed by atoms with Crippen molar-refractivity contribution in [2.45, 2.75) is 26.2 Å². The van der Waals surface area contributed by atoms with Gasteiger partial charge in [-0.1, -0.05) is 61.3 Å². The molecule has 0 saturated carbocycles. The molecule has 8 heteroatoms. The number of carbonyl (C=O) groups excluding carboxylic acids is 2. The van der Waals surface area contributed by atoms with Crippen LogP contribution in [0.4, 0.5) is 0 Å². The number of aliphatic carboxylic acids is 1. The molecule has 0 bridgehead atoms. The highest BCUT2D eigenvalue weighted by molar-refractivity contribution is 6.31. The lowest BCUT2D eigenvalue weighted by Gasteiger charge is -2.12. The van der Waals surface area contributed by atoms with E-state index in [1.807, 2.05) is 36.4 Å². The van der Waals surface area contributed by atoms with Crippen LogP contribution in [0.15, 0.2) is 66.7 Å². The van der Waals surface area contributed by atoms with Crippen molar-refractivity contribution in [1.29, 1.82) is 0 Å². The Kier molecular flexibility index (Phi) is 9.89. The molecule has 188 valence electrons. The Morgan fingerprint density at radius 3 is 2.19 bits per heavy atom. The van der Waals surface area contributed by atoms with Gasteiger partial charge in [0.1, 0.15) is 12.3 Å². The molecule has 3 rings (SSSR count). The molecule has 0 saturated heterocycles. The first-order valence-electron chi connectivity index (χ1n) is 11.8. The van der Waals surface area contributed by atoms with Gasteiger partial charge in [-0.05, 0) is 59.9 Å². The van der Waals surface area contributed by atoms with E-state index in [1.165, 1.54) is 0 Å². The number of halogens is 1. The van der Waals surface area contributed by atoms with Crippen LogP contribution in [0.2, 0.25) is 5.02 Å². The van der Waals surface area contributed by atoms with E-state index < -0.39 is 18.4 Å². The minimum absolute atomic E-state index is 0.229. The molecule has 3 N–H and O–H groups in total. The van der Waals surface area contributed by atoms with Crippen LogP contribution in [-0.2, 0) is 11.2 Å². The van der Waals surface area contributed by atoms with Gasteiger partial charge in [0.2, 0.25) is 0 Å². The first-order valence-corrected chi connectivity index (χ1v) is 12.1. The quantitative estimate of drug-likeness (QED) is 0.299. The molecule has 0 aliphatic carbocycles. The molecule has 0 fully saturated rings. The maximum atomic E-state index is 12.7. The SMILES string of the molecule is CCCCOc1ccc(Cl)cc1C(=O)NCCc1ccc(-c2ccc(C(=O)NCC(=O)O)cc2)cc1. The van der Waals surface area contributed by atoms with Crippen LogP contribution in [0.5, 0.6) is 5.75 Å². The number of unbranched alkanes of at least 4 members (excludes halogenated alkanes) is 1. The van der Waals surface area contributed by atoms with Crippen molar-refractivity contribution in [3.8, 4) is 16.9 Å². The lowest BCUT2D eigenvalue weighted by Crippen LogP contribution is -2.29. The normalized spacial score (nSPS) is 10.5. The number of carboxylic acid groups (broad SMARTS) is 1. The molecular weight excluding hydrogens is 480 g/mol. The number of hydrogen-bond acceptors (Lipinski definition) is 4. The largest absolute Gasteiger partial charge is 0.493 e. The molecule has 3 aromatic carbocycles. The van der Waals surface area contributed by atoms with Gasteiger partial charge < -0.3 is 20.5 Å². The average Bonchev–Trinajstić information content (AvgIpc) is 2.88. The number of carboxylic acids is 1. The first-order chi connectivity index (χ1) is 17.4. The summed E-state index contributed by atoms with van der Waals surface area (Å²) in [5.74, 6) is -1.22.